The molecular weight excluding hydrogens is 365 g/mol. The third kappa shape index (κ3) is 3.27. The number of rotatable bonds is 4. The van der Waals surface area contributed by atoms with E-state index in [2.05, 4.69) is 25.7 Å². The molecule has 3 N–H and O–H groups in total. The Morgan fingerprint density at radius 1 is 1.45 bits per heavy atom. The molecule has 2 unspecified atom stereocenters. The molecule has 1 aromatic carbocycles. The van der Waals surface area contributed by atoms with Crippen molar-refractivity contribution in [3.63, 3.8) is 0 Å². The van der Waals surface area contributed by atoms with Crippen molar-refractivity contribution in [2.24, 2.45) is 5.73 Å². The minimum Gasteiger partial charge on any atom is -0.465 e. The fourth-order valence-corrected chi connectivity index (χ4v) is 2.68. The molecule has 0 spiro atoms. The first kappa shape index (κ1) is 16.8. The van der Waals surface area contributed by atoms with Crippen molar-refractivity contribution in [1.29, 1.82) is 0 Å². The molecule has 1 heterocycles. The number of alkyl halides is 3. The third-order valence-corrected chi connectivity index (χ3v) is 3.77. The van der Waals surface area contributed by atoms with E-state index < -0.39 is 24.1 Å². The normalized spacial score (nSPS) is 14.8. The highest BCUT2D eigenvalue weighted by Gasteiger charge is 2.48. The lowest BCUT2D eigenvalue weighted by molar-refractivity contribution is -0.169. The lowest BCUT2D eigenvalue weighted by atomic mass is 9.91. The van der Waals surface area contributed by atoms with Crippen LogP contribution in [0.15, 0.2) is 28.9 Å². The lowest BCUT2D eigenvalue weighted by Crippen LogP contribution is -2.44. The van der Waals surface area contributed by atoms with Crippen molar-refractivity contribution in [1.82, 2.24) is 4.98 Å². The topological polar surface area (TPSA) is 68.1 Å². The predicted molar refractivity (Wildman–Crippen MR) is 79.4 cm³/mol. The molecular formula is C14H14BrF3N2O2. The number of aromatic amines is 1. The van der Waals surface area contributed by atoms with Crippen LogP contribution in [0.2, 0.25) is 0 Å². The average molecular weight is 379 g/mol. The number of nitrogens with two attached hydrogens (primary N) is 1. The summed E-state index contributed by atoms with van der Waals surface area (Å²) in [6, 6.07) is 3.08. The first-order valence-corrected chi connectivity index (χ1v) is 7.30. The van der Waals surface area contributed by atoms with Gasteiger partial charge in [0, 0.05) is 21.6 Å². The van der Waals surface area contributed by atoms with Crippen LogP contribution >= 0.6 is 15.9 Å². The summed E-state index contributed by atoms with van der Waals surface area (Å²) in [7, 11) is 0. The summed E-state index contributed by atoms with van der Waals surface area (Å²) in [4.78, 5) is 14.4. The molecule has 0 saturated carbocycles. The minimum absolute atomic E-state index is 0.0312. The maximum atomic E-state index is 13.4. The lowest BCUT2D eigenvalue weighted by Gasteiger charge is -2.24. The Morgan fingerprint density at radius 3 is 2.73 bits per heavy atom. The Hall–Kier alpha value is -1.54. The zero-order chi connectivity index (χ0) is 16.5. The SMILES string of the molecule is CCOC(=O)C(N)C(c1c[nH]c2ccc(Br)cc12)C(F)(F)F. The van der Waals surface area contributed by atoms with Gasteiger partial charge in [0.25, 0.3) is 0 Å². The van der Waals surface area contributed by atoms with E-state index in [0.29, 0.717) is 15.4 Å². The number of aromatic nitrogens is 1. The van der Waals surface area contributed by atoms with Crippen molar-refractivity contribution >= 4 is 32.8 Å². The van der Waals surface area contributed by atoms with Crippen LogP contribution in [0, 0.1) is 0 Å². The Kier molecular flexibility index (Phi) is 4.81. The standard InChI is InChI=1S/C14H14BrF3N2O2/c1-2-22-13(21)12(19)11(14(16,17)18)9-6-20-10-4-3-7(15)5-8(9)10/h3-6,11-12,20H,2,19H2,1H3. The number of carbonyl (C=O) groups is 1. The molecule has 0 saturated heterocycles. The maximum Gasteiger partial charge on any atom is 0.397 e. The highest BCUT2D eigenvalue weighted by molar-refractivity contribution is 9.10. The molecule has 0 aliphatic rings. The van der Waals surface area contributed by atoms with Gasteiger partial charge in [-0.15, -0.1) is 0 Å². The van der Waals surface area contributed by atoms with Gasteiger partial charge < -0.3 is 15.5 Å². The van der Waals surface area contributed by atoms with Gasteiger partial charge in [-0.25, -0.2) is 0 Å². The summed E-state index contributed by atoms with van der Waals surface area (Å²) < 4.78 is 45.6. The molecule has 0 amide bonds. The molecule has 0 aliphatic heterocycles. The van der Waals surface area contributed by atoms with E-state index in [1.807, 2.05) is 0 Å². The molecule has 0 radical (unpaired) electrons. The van der Waals surface area contributed by atoms with Crippen molar-refractivity contribution in [2.75, 3.05) is 6.61 Å². The summed E-state index contributed by atoms with van der Waals surface area (Å²) in [5, 5.41) is 0.358. The highest BCUT2D eigenvalue weighted by atomic mass is 79.9. The van der Waals surface area contributed by atoms with Crippen molar-refractivity contribution in [3.8, 4) is 0 Å². The number of ether oxygens (including phenoxy) is 1. The van der Waals surface area contributed by atoms with E-state index in [-0.39, 0.29) is 12.2 Å². The molecule has 2 atom stereocenters. The van der Waals surface area contributed by atoms with Crippen molar-refractivity contribution in [2.45, 2.75) is 25.1 Å². The Labute approximate surface area is 132 Å². The molecule has 0 fully saturated rings. The van der Waals surface area contributed by atoms with Gasteiger partial charge in [-0.1, -0.05) is 15.9 Å². The number of H-pyrrole nitrogens is 1. The number of hydrogen-bond donors (Lipinski definition) is 2. The van der Waals surface area contributed by atoms with Gasteiger partial charge in [-0.2, -0.15) is 13.2 Å². The quantitative estimate of drug-likeness (QED) is 0.800. The predicted octanol–water partition coefficient (Wildman–Crippen LogP) is 3.47. The number of nitrogens with one attached hydrogen (secondary N) is 1. The first-order chi connectivity index (χ1) is 10.3. The van der Waals surface area contributed by atoms with Crippen LogP contribution in [0.3, 0.4) is 0 Å². The summed E-state index contributed by atoms with van der Waals surface area (Å²) >= 11 is 3.22. The second-order valence-electron chi connectivity index (χ2n) is 4.73. The van der Waals surface area contributed by atoms with Gasteiger partial charge in [0.1, 0.15) is 12.0 Å². The molecule has 2 rings (SSSR count). The summed E-state index contributed by atoms with van der Waals surface area (Å²) in [5.74, 6) is -3.22. The molecule has 22 heavy (non-hydrogen) atoms. The second kappa shape index (κ2) is 6.29. The zero-order valence-electron chi connectivity index (χ0n) is 11.6. The van der Waals surface area contributed by atoms with E-state index >= 15 is 0 Å². The minimum atomic E-state index is -4.68. The zero-order valence-corrected chi connectivity index (χ0v) is 13.2. The first-order valence-electron chi connectivity index (χ1n) is 6.51. The van der Waals surface area contributed by atoms with Crippen LogP contribution in [-0.4, -0.2) is 29.8 Å². The highest BCUT2D eigenvalue weighted by Crippen LogP contribution is 2.40. The van der Waals surface area contributed by atoms with Gasteiger partial charge in [-0.3, -0.25) is 4.79 Å². The van der Waals surface area contributed by atoms with Crippen LogP contribution in [0.4, 0.5) is 13.2 Å². The number of halogens is 4. The van der Waals surface area contributed by atoms with Gasteiger partial charge in [0.2, 0.25) is 0 Å². The maximum absolute atomic E-state index is 13.4. The van der Waals surface area contributed by atoms with E-state index in [0.717, 1.165) is 0 Å². The number of benzene rings is 1. The summed E-state index contributed by atoms with van der Waals surface area (Å²) in [6.45, 7) is 1.48. The smallest absolute Gasteiger partial charge is 0.397 e. The van der Waals surface area contributed by atoms with Crippen LogP contribution in [0.5, 0.6) is 0 Å². The van der Waals surface area contributed by atoms with Crippen LogP contribution in [-0.2, 0) is 9.53 Å². The monoisotopic (exact) mass is 378 g/mol. The van der Waals surface area contributed by atoms with E-state index in [1.165, 1.54) is 13.1 Å². The molecule has 0 bridgehead atoms. The Bertz CT molecular complexity index is 684. The van der Waals surface area contributed by atoms with Crippen molar-refractivity contribution in [3.05, 3.63) is 34.4 Å². The number of fused-ring (bicyclic) bond motifs is 1. The van der Waals surface area contributed by atoms with Crippen LogP contribution < -0.4 is 5.73 Å². The van der Waals surface area contributed by atoms with Gasteiger partial charge >= 0.3 is 12.1 Å². The number of carbonyl (C=O) groups excluding carboxylic acids is 1. The van der Waals surface area contributed by atoms with Crippen LogP contribution in [0.1, 0.15) is 18.4 Å². The largest absolute Gasteiger partial charge is 0.465 e. The van der Waals surface area contributed by atoms with E-state index in [9.17, 15) is 18.0 Å². The van der Waals surface area contributed by atoms with Crippen molar-refractivity contribution < 1.29 is 22.7 Å². The Balaban J connectivity index is 2.53. The fourth-order valence-electron chi connectivity index (χ4n) is 2.32. The fraction of sp³-hybridized carbons (Fsp3) is 0.357. The van der Waals surface area contributed by atoms with Crippen LogP contribution in [0.25, 0.3) is 10.9 Å². The molecule has 8 heteroatoms. The second-order valence-corrected chi connectivity index (χ2v) is 5.65. The third-order valence-electron chi connectivity index (χ3n) is 3.28. The number of hydrogen-bond acceptors (Lipinski definition) is 3. The molecule has 1 aromatic heterocycles. The number of esters is 1. The molecule has 4 nitrogen and oxygen atoms in total. The summed E-state index contributed by atoms with van der Waals surface area (Å²) in [6.07, 6.45) is -3.45. The molecule has 0 aliphatic carbocycles. The summed E-state index contributed by atoms with van der Waals surface area (Å²) in [5.41, 5.74) is 5.99. The molecule has 120 valence electrons. The molecule has 2 aromatic rings. The van der Waals surface area contributed by atoms with E-state index in [4.69, 9.17) is 5.73 Å². The average Bonchev–Trinajstić information content (AvgIpc) is 2.80. The van der Waals surface area contributed by atoms with E-state index in [1.54, 1.807) is 18.2 Å². The van der Waals surface area contributed by atoms with Gasteiger partial charge in [0.15, 0.2) is 0 Å². The Morgan fingerprint density at radius 2 is 2.14 bits per heavy atom. The van der Waals surface area contributed by atoms with Gasteiger partial charge in [-0.05, 0) is 30.7 Å². The van der Waals surface area contributed by atoms with Gasteiger partial charge in [0.05, 0.1) is 6.61 Å².